The number of rotatable bonds is 4. The summed E-state index contributed by atoms with van der Waals surface area (Å²) in [4.78, 5) is 17.0. The second-order valence-corrected chi connectivity index (χ2v) is 8.07. The van der Waals surface area contributed by atoms with Crippen LogP contribution in [0.2, 0.25) is 0 Å². The van der Waals surface area contributed by atoms with Crippen LogP contribution in [0, 0.1) is 0 Å². The van der Waals surface area contributed by atoms with Crippen LogP contribution >= 0.6 is 11.6 Å². The van der Waals surface area contributed by atoms with Gasteiger partial charge < -0.3 is 9.64 Å². The van der Waals surface area contributed by atoms with Crippen molar-refractivity contribution >= 4 is 34.6 Å². The molecule has 1 saturated heterocycles. The van der Waals surface area contributed by atoms with Gasteiger partial charge in [0.1, 0.15) is 17.0 Å². The number of hydrogen-bond donors (Lipinski definition) is 0. The summed E-state index contributed by atoms with van der Waals surface area (Å²) < 4.78 is 5.45. The monoisotopic (exact) mass is 404 g/mol. The number of nitrogens with zero attached hydrogens (tertiary/aromatic N) is 6. The largest absolute Gasteiger partial charge is 0.378 e. The summed E-state index contributed by atoms with van der Waals surface area (Å²) in [6.07, 6.45) is 2.77. The molecule has 0 aromatic heterocycles. The van der Waals surface area contributed by atoms with Gasteiger partial charge in [-0.15, -0.1) is 0 Å². The first-order valence-corrected chi connectivity index (χ1v) is 10.7. The van der Waals surface area contributed by atoms with E-state index >= 15 is 0 Å². The van der Waals surface area contributed by atoms with E-state index in [1.807, 2.05) is 6.92 Å². The zero-order valence-electron chi connectivity index (χ0n) is 17.2. The molecule has 1 unspecified atom stereocenters. The van der Waals surface area contributed by atoms with Crippen LogP contribution < -0.4 is 0 Å². The van der Waals surface area contributed by atoms with Crippen LogP contribution in [0.3, 0.4) is 0 Å². The number of hydrogen-bond acceptors (Lipinski definition) is 7. The van der Waals surface area contributed by atoms with Crippen molar-refractivity contribution in [2.45, 2.75) is 65.2 Å². The Morgan fingerprint density at radius 2 is 1.86 bits per heavy atom. The van der Waals surface area contributed by atoms with Crippen molar-refractivity contribution < 1.29 is 4.74 Å². The first-order chi connectivity index (χ1) is 13.5. The van der Waals surface area contributed by atoms with Crippen LogP contribution in [-0.4, -0.2) is 77.4 Å². The number of morpholine rings is 1. The van der Waals surface area contributed by atoms with Gasteiger partial charge in [-0.2, -0.15) is 5.10 Å². The summed E-state index contributed by atoms with van der Waals surface area (Å²) in [5.74, 6) is 1.01. The fourth-order valence-electron chi connectivity index (χ4n) is 4.34. The lowest BCUT2D eigenvalue weighted by Gasteiger charge is -2.32. The van der Waals surface area contributed by atoms with E-state index in [2.05, 4.69) is 35.7 Å². The molecule has 152 valence electrons. The Morgan fingerprint density at radius 3 is 2.54 bits per heavy atom. The van der Waals surface area contributed by atoms with Crippen LogP contribution in [0.4, 0.5) is 0 Å². The quantitative estimate of drug-likeness (QED) is 0.676. The predicted molar refractivity (Wildman–Crippen MR) is 115 cm³/mol. The molecule has 8 heteroatoms. The Labute approximate surface area is 171 Å². The molecule has 4 heterocycles. The lowest BCUT2D eigenvalue weighted by atomic mass is 10.00. The molecule has 0 N–H and O–H groups in total. The topological polar surface area (TPSA) is 65.2 Å². The summed E-state index contributed by atoms with van der Waals surface area (Å²) in [7, 11) is 0. The lowest BCUT2D eigenvalue weighted by Crippen LogP contribution is -2.44. The second kappa shape index (κ2) is 7.95. The maximum Gasteiger partial charge on any atom is 0.165 e. The number of amidine groups is 1. The maximum absolute atomic E-state index is 6.55. The second-order valence-electron chi connectivity index (χ2n) is 7.72. The SMILES string of the molecule is CCC(CC)N1N=C(C)C2N=C(C3=C(Cl)N=C(N4CCOCC4)C3)C(C)=N[C@H]21. The van der Waals surface area contributed by atoms with E-state index in [4.69, 9.17) is 31.4 Å². The summed E-state index contributed by atoms with van der Waals surface area (Å²) in [6, 6.07) is 0.354. The third-order valence-corrected chi connectivity index (χ3v) is 6.29. The number of halogens is 1. The molecule has 0 aliphatic carbocycles. The van der Waals surface area contributed by atoms with Gasteiger partial charge in [0.2, 0.25) is 0 Å². The fourth-order valence-corrected chi connectivity index (χ4v) is 4.59. The summed E-state index contributed by atoms with van der Waals surface area (Å²) in [5, 5.41) is 7.51. The molecule has 0 bridgehead atoms. The highest BCUT2D eigenvalue weighted by Crippen LogP contribution is 2.32. The lowest BCUT2D eigenvalue weighted by molar-refractivity contribution is 0.0675. The van der Waals surface area contributed by atoms with Gasteiger partial charge in [-0.05, 0) is 26.7 Å². The average molecular weight is 405 g/mol. The van der Waals surface area contributed by atoms with Gasteiger partial charge in [0.25, 0.3) is 0 Å². The molecular formula is C20H29ClN6O. The smallest absolute Gasteiger partial charge is 0.165 e. The van der Waals surface area contributed by atoms with E-state index in [-0.39, 0.29) is 12.2 Å². The maximum atomic E-state index is 6.55. The van der Waals surface area contributed by atoms with Crippen LogP contribution in [0.5, 0.6) is 0 Å². The van der Waals surface area contributed by atoms with Crippen molar-refractivity contribution in [1.29, 1.82) is 0 Å². The normalized spacial score (nSPS) is 27.8. The first kappa shape index (κ1) is 19.6. The van der Waals surface area contributed by atoms with E-state index in [1.165, 1.54) is 0 Å². The zero-order valence-corrected chi connectivity index (χ0v) is 17.9. The summed E-state index contributed by atoms with van der Waals surface area (Å²) in [5.41, 5.74) is 3.82. The molecule has 7 nitrogen and oxygen atoms in total. The Bertz CT molecular complexity index is 789. The number of fused-ring (bicyclic) bond motifs is 1. The number of hydrazone groups is 1. The minimum absolute atomic E-state index is 0.0333. The molecule has 0 radical (unpaired) electrons. The van der Waals surface area contributed by atoms with E-state index in [0.717, 1.165) is 67.7 Å². The van der Waals surface area contributed by atoms with E-state index in [0.29, 0.717) is 17.6 Å². The van der Waals surface area contributed by atoms with Gasteiger partial charge in [0, 0.05) is 31.1 Å². The molecule has 4 aliphatic heterocycles. The third-order valence-electron chi connectivity index (χ3n) is 5.98. The minimum Gasteiger partial charge on any atom is -0.378 e. The average Bonchev–Trinajstić information content (AvgIpc) is 3.23. The van der Waals surface area contributed by atoms with Gasteiger partial charge in [0.05, 0.1) is 30.3 Å². The Balaban J connectivity index is 1.55. The first-order valence-electron chi connectivity index (χ1n) is 10.3. The molecule has 28 heavy (non-hydrogen) atoms. The van der Waals surface area contributed by atoms with E-state index in [1.54, 1.807) is 0 Å². The van der Waals surface area contributed by atoms with Gasteiger partial charge in [0.15, 0.2) is 6.17 Å². The van der Waals surface area contributed by atoms with E-state index < -0.39 is 0 Å². The van der Waals surface area contributed by atoms with Crippen molar-refractivity contribution in [3.05, 3.63) is 10.7 Å². The molecule has 0 saturated carbocycles. The van der Waals surface area contributed by atoms with E-state index in [9.17, 15) is 0 Å². The summed E-state index contributed by atoms with van der Waals surface area (Å²) in [6.45, 7) is 11.7. The van der Waals surface area contributed by atoms with Gasteiger partial charge in [-0.25, -0.2) is 4.99 Å². The molecule has 4 aliphatic rings. The van der Waals surface area contributed by atoms with Crippen molar-refractivity contribution in [3.63, 3.8) is 0 Å². The molecule has 2 atom stereocenters. The fraction of sp³-hybridized carbons (Fsp3) is 0.700. The third kappa shape index (κ3) is 3.39. The zero-order chi connectivity index (χ0) is 19.8. The van der Waals surface area contributed by atoms with Crippen LogP contribution in [-0.2, 0) is 4.74 Å². The van der Waals surface area contributed by atoms with Crippen molar-refractivity contribution in [3.8, 4) is 0 Å². The summed E-state index contributed by atoms with van der Waals surface area (Å²) >= 11 is 6.55. The van der Waals surface area contributed by atoms with Gasteiger partial charge in [-0.1, -0.05) is 25.4 Å². The molecule has 0 aromatic rings. The van der Waals surface area contributed by atoms with Crippen molar-refractivity contribution in [2.75, 3.05) is 26.3 Å². The standard InChI is InChI=1S/C20H29ClN6O/c1-5-14(6-2)27-20-18(13(4)25-27)24-17(12(3)22-20)15-11-16(23-19(15)21)26-7-9-28-10-8-26/h14,18,20H,5-11H2,1-4H3/t18?,20-/m0/s1. The highest BCUT2D eigenvalue weighted by molar-refractivity contribution is 6.51. The van der Waals surface area contributed by atoms with Gasteiger partial charge >= 0.3 is 0 Å². The minimum atomic E-state index is -0.0382. The van der Waals surface area contributed by atoms with Gasteiger partial charge in [-0.3, -0.25) is 15.0 Å². The molecule has 4 rings (SSSR count). The Hall–Kier alpha value is -1.73. The Kier molecular flexibility index (Phi) is 5.56. The molecule has 1 fully saturated rings. The Morgan fingerprint density at radius 1 is 1.14 bits per heavy atom. The highest BCUT2D eigenvalue weighted by Gasteiger charge is 2.41. The highest BCUT2D eigenvalue weighted by atomic mass is 35.5. The predicted octanol–water partition coefficient (Wildman–Crippen LogP) is 3.06. The van der Waals surface area contributed by atoms with Crippen molar-refractivity contribution in [2.24, 2.45) is 20.1 Å². The number of ether oxygens (including phenoxy) is 1. The molecule has 0 spiro atoms. The molecular weight excluding hydrogens is 376 g/mol. The van der Waals surface area contributed by atoms with Crippen LogP contribution in [0.25, 0.3) is 0 Å². The van der Waals surface area contributed by atoms with Crippen molar-refractivity contribution in [1.82, 2.24) is 9.91 Å². The van der Waals surface area contributed by atoms with Crippen LogP contribution in [0.15, 0.2) is 30.8 Å². The van der Waals surface area contributed by atoms with Crippen LogP contribution in [0.1, 0.15) is 47.0 Å². The molecule has 0 aromatic carbocycles. The molecule has 0 amide bonds. The number of aliphatic imine (C=N–C) groups is 3.